The predicted octanol–water partition coefficient (Wildman–Crippen LogP) is 4.79. The normalized spacial score (nSPS) is 16.7. The molecule has 196 valence electrons. The fourth-order valence-electron chi connectivity index (χ4n) is 5.31. The van der Waals surface area contributed by atoms with Gasteiger partial charge in [-0.15, -0.1) is 0 Å². The number of ether oxygens (including phenoxy) is 1. The van der Waals surface area contributed by atoms with Gasteiger partial charge in [-0.2, -0.15) is 0 Å². The van der Waals surface area contributed by atoms with E-state index in [9.17, 15) is 14.7 Å². The molecule has 1 aliphatic heterocycles. The third-order valence-electron chi connectivity index (χ3n) is 7.23. The van der Waals surface area contributed by atoms with Crippen LogP contribution in [0.25, 0.3) is 22.7 Å². The second-order valence-electron chi connectivity index (χ2n) is 9.66. The van der Waals surface area contributed by atoms with Crippen LogP contribution >= 0.6 is 0 Å². The Hall–Kier alpha value is -4.92. The number of benzene rings is 3. The molecule has 6 rings (SSSR count). The Balaban J connectivity index is 1.55. The Morgan fingerprint density at radius 1 is 1.03 bits per heavy atom. The maximum atomic E-state index is 13.3. The maximum Gasteiger partial charge on any atom is 0.337 e. The molecule has 0 bridgehead atoms. The number of carbonyl (C=O) groups is 1. The number of esters is 1. The van der Waals surface area contributed by atoms with Crippen LogP contribution in [-0.4, -0.2) is 39.3 Å². The minimum absolute atomic E-state index is 0.0111. The molecular weight excluding hydrogens is 496 g/mol. The molecule has 9 nitrogen and oxygen atoms in total. The van der Waals surface area contributed by atoms with Gasteiger partial charge in [-0.25, -0.2) is 14.8 Å². The summed E-state index contributed by atoms with van der Waals surface area (Å²) in [4.78, 5) is 36.8. The van der Waals surface area contributed by atoms with Gasteiger partial charge < -0.3 is 19.2 Å². The first-order chi connectivity index (χ1) is 18.9. The lowest BCUT2D eigenvalue weighted by molar-refractivity contribution is 0.0600. The van der Waals surface area contributed by atoms with Gasteiger partial charge in [-0.1, -0.05) is 55.5 Å². The van der Waals surface area contributed by atoms with Crippen molar-refractivity contribution in [1.82, 2.24) is 14.5 Å². The number of oxazole rings is 1. The molecule has 1 N–H and O–H groups in total. The van der Waals surface area contributed by atoms with Crippen molar-refractivity contribution in [3.05, 3.63) is 105 Å². The summed E-state index contributed by atoms with van der Waals surface area (Å²) in [7, 11) is 2.95. The van der Waals surface area contributed by atoms with Crippen molar-refractivity contribution in [2.75, 3.05) is 18.6 Å². The first-order valence-corrected chi connectivity index (χ1v) is 12.6. The highest BCUT2D eigenvalue weighted by molar-refractivity contribution is 5.89. The Bertz CT molecular complexity index is 1740. The van der Waals surface area contributed by atoms with Crippen molar-refractivity contribution in [2.24, 2.45) is 7.05 Å². The maximum absolute atomic E-state index is 13.3. The molecule has 2 aromatic heterocycles. The molecular formula is C30H26N4O5. The molecule has 0 fully saturated rings. The number of aromatic nitrogens is 3. The van der Waals surface area contributed by atoms with Crippen LogP contribution in [0.15, 0.2) is 82.0 Å². The zero-order valence-corrected chi connectivity index (χ0v) is 21.7. The van der Waals surface area contributed by atoms with Crippen molar-refractivity contribution in [2.45, 2.75) is 18.9 Å². The third kappa shape index (κ3) is 4.03. The van der Waals surface area contributed by atoms with Crippen molar-refractivity contribution < 1.29 is 19.1 Å². The lowest BCUT2D eigenvalue weighted by atomic mass is 9.82. The fraction of sp³-hybridized carbons (Fsp3) is 0.200. The fourth-order valence-corrected chi connectivity index (χ4v) is 5.31. The lowest BCUT2D eigenvalue weighted by Gasteiger charge is -2.42. The molecule has 0 saturated carbocycles. The molecule has 0 radical (unpaired) electrons. The van der Waals surface area contributed by atoms with Crippen LogP contribution in [0.3, 0.4) is 0 Å². The van der Waals surface area contributed by atoms with E-state index in [2.05, 4.69) is 11.9 Å². The molecule has 3 aromatic carbocycles. The first kappa shape index (κ1) is 24.4. The van der Waals surface area contributed by atoms with E-state index < -0.39 is 17.3 Å². The van der Waals surface area contributed by atoms with Crippen LogP contribution in [0.5, 0.6) is 5.75 Å². The van der Waals surface area contributed by atoms with Crippen LogP contribution < -0.4 is 10.5 Å². The van der Waals surface area contributed by atoms with Crippen LogP contribution in [0.2, 0.25) is 0 Å². The van der Waals surface area contributed by atoms with Crippen LogP contribution in [0.1, 0.15) is 45.9 Å². The SMILES string of the molecule is COC(=O)c1ccc2c(c1)C(C)CN(c1nc(-c3nc4ccccc4o3)c(O)c(=O)n1C)C2c1ccccc1. The van der Waals surface area contributed by atoms with Gasteiger partial charge in [0.25, 0.3) is 11.4 Å². The van der Waals surface area contributed by atoms with E-state index in [0.29, 0.717) is 29.2 Å². The summed E-state index contributed by atoms with van der Waals surface area (Å²) >= 11 is 0. The van der Waals surface area contributed by atoms with Crippen molar-refractivity contribution in [1.29, 1.82) is 0 Å². The summed E-state index contributed by atoms with van der Waals surface area (Å²) < 4.78 is 12.2. The number of carbonyl (C=O) groups excluding carboxylic acids is 1. The standard InChI is InChI=1S/C30H26N4O5/c1-17-16-34(25(18-9-5-4-6-10-18)20-14-13-19(15-21(17)20)29(37)38-3)30-32-24(26(35)28(36)33(30)2)27-31-22-11-7-8-12-23(22)39-27/h4-15,17,25,35H,16H2,1-3H3. The molecule has 0 saturated heterocycles. The van der Waals surface area contributed by atoms with E-state index in [4.69, 9.17) is 14.1 Å². The van der Waals surface area contributed by atoms with Gasteiger partial charge in [0.05, 0.1) is 18.7 Å². The molecule has 5 aromatic rings. The summed E-state index contributed by atoms with van der Waals surface area (Å²) in [5, 5.41) is 10.8. The average molecular weight is 523 g/mol. The zero-order valence-electron chi connectivity index (χ0n) is 21.7. The van der Waals surface area contributed by atoms with E-state index >= 15 is 0 Å². The number of aromatic hydroxyl groups is 1. The molecule has 39 heavy (non-hydrogen) atoms. The number of fused-ring (bicyclic) bond motifs is 2. The lowest BCUT2D eigenvalue weighted by Crippen LogP contribution is -2.41. The number of rotatable bonds is 4. The molecule has 9 heteroatoms. The second kappa shape index (κ2) is 9.43. The van der Waals surface area contributed by atoms with E-state index in [0.717, 1.165) is 16.7 Å². The van der Waals surface area contributed by atoms with Gasteiger partial charge in [0.1, 0.15) is 5.52 Å². The molecule has 0 spiro atoms. The van der Waals surface area contributed by atoms with Crippen LogP contribution in [0.4, 0.5) is 5.95 Å². The molecule has 0 amide bonds. The number of hydrogen-bond acceptors (Lipinski definition) is 8. The first-order valence-electron chi connectivity index (χ1n) is 12.6. The molecule has 2 atom stereocenters. The average Bonchev–Trinajstić information content (AvgIpc) is 3.40. The highest BCUT2D eigenvalue weighted by Gasteiger charge is 2.36. The van der Waals surface area contributed by atoms with Gasteiger partial charge >= 0.3 is 5.97 Å². The quantitative estimate of drug-likeness (QED) is 0.335. The number of hydrogen-bond donors (Lipinski definition) is 1. The number of methoxy groups -OCH3 is 1. The van der Waals surface area contributed by atoms with Crippen LogP contribution in [0, 0.1) is 0 Å². The summed E-state index contributed by atoms with van der Waals surface area (Å²) in [5.74, 6) is -0.509. The van der Waals surface area contributed by atoms with Gasteiger partial charge in [0, 0.05) is 13.6 Å². The molecule has 0 aliphatic carbocycles. The number of para-hydroxylation sites is 2. The van der Waals surface area contributed by atoms with Crippen molar-refractivity contribution in [3.63, 3.8) is 0 Å². The van der Waals surface area contributed by atoms with Gasteiger partial charge in [-0.3, -0.25) is 9.36 Å². The second-order valence-corrected chi connectivity index (χ2v) is 9.66. The number of anilines is 1. The Kier molecular flexibility index (Phi) is 5.91. The van der Waals surface area contributed by atoms with E-state index in [1.165, 1.54) is 11.7 Å². The molecule has 2 unspecified atom stereocenters. The third-order valence-corrected chi connectivity index (χ3v) is 7.23. The zero-order chi connectivity index (χ0) is 27.3. The van der Waals surface area contributed by atoms with Crippen molar-refractivity contribution in [3.8, 4) is 17.3 Å². The monoisotopic (exact) mass is 522 g/mol. The minimum atomic E-state index is -0.608. The summed E-state index contributed by atoms with van der Waals surface area (Å²) in [6, 6.07) is 22.4. The van der Waals surface area contributed by atoms with Crippen LogP contribution in [-0.2, 0) is 11.8 Å². The topological polar surface area (TPSA) is 111 Å². The van der Waals surface area contributed by atoms with E-state index in [-0.39, 0.29) is 23.5 Å². The smallest absolute Gasteiger partial charge is 0.337 e. The Labute approximate surface area is 223 Å². The summed E-state index contributed by atoms with van der Waals surface area (Å²) in [6.45, 7) is 2.56. The highest BCUT2D eigenvalue weighted by atomic mass is 16.5. The largest absolute Gasteiger partial charge is 0.501 e. The molecule has 3 heterocycles. The van der Waals surface area contributed by atoms with Crippen molar-refractivity contribution >= 4 is 23.0 Å². The Morgan fingerprint density at radius 3 is 2.51 bits per heavy atom. The highest BCUT2D eigenvalue weighted by Crippen LogP contribution is 2.42. The molecule has 1 aliphatic rings. The van der Waals surface area contributed by atoms with Gasteiger partial charge in [-0.05, 0) is 46.9 Å². The number of nitrogens with zero attached hydrogens (tertiary/aromatic N) is 4. The van der Waals surface area contributed by atoms with E-state index in [1.807, 2.05) is 59.5 Å². The Morgan fingerprint density at radius 2 is 1.77 bits per heavy atom. The van der Waals surface area contributed by atoms with E-state index in [1.54, 1.807) is 25.2 Å². The summed E-state index contributed by atoms with van der Waals surface area (Å²) in [6.07, 6.45) is 0. The van der Waals surface area contributed by atoms with Gasteiger partial charge in [0.15, 0.2) is 11.3 Å². The summed E-state index contributed by atoms with van der Waals surface area (Å²) in [5.41, 5.74) is 3.97. The predicted molar refractivity (Wildman–Crippen MR) is 146 cm³/mol. The minimum Gasteiger partial charge on any atom is -0.501 e. The van der Waals surface area contributed by atoms with Gasteiger partial charge in [0.2, 0.25) is 11.7 Å².